The van der Waals surface area contributed by atoms with Gasteiger partial charge in [0, 0.05) is 15.5 Å². The normalized spacial score (nSPS) is 13.0. The Morgan fingerprint density at radius 1 is 1.32 bits per heavy atom. The second-order valence-electron chi connectivity index (χ2n) is 4.34. The highest BCUT2D eigenvalue weighted by atomic mass is 79.9. The zero-order valence-electron chi connectivity index (χ0n) is 11.9. The Kier molecular flexibility index (Phi) is 5.29. The van der Waals surface area contributed by atoms with E-state index in [2.05, 4.69) is 15.9 Å². The molecule has 2 N–H and O–H groups in total. The fraction of sp³-hybridized carbons (Fsp3) is 0.385. The lowest BCUT2D eigenvalue weighted by atomic mass is 10.2. The maximum absolute atomic E-state index is 14.8. The number of nitrogens with two attached hydrogens (primary N) is 1. The highest BCUT2D eigenvalue weighted by Crippen LogP contribution is 2.69. The lowest BCUT2D eigenvalue weighted by Gasteiger charge is -2.25. The van der Waals surface area contributed by atoms with E-state index in [1.807, 2.05) is 0 Å². The van der Waals surface area contributed by atoms with Crippen LogP contribution in [0.2, 0.25) is 0 Å². The number of nitrogen functional groups attached to an aromatic ring is 1. The van der Waals surface area contributed by atoms with Gasteiger partial charge in [-0.15, -0.1) is 11.3 Å². The molecular weight excluding hydrogens is 399 g/mol. The van der Waals surface area contributed by atoms with Crippen molar-refractivity contribution in [3.8, 4) is 0 Å². The minimum atomic E-state index is -4.64. The Morgan fingerprint density at radius 2 is 1.91 bits per heavy atom. The van der Waals surface area contributed by atoms with Crippen molar-refractivity contribution in [3.05, 3.63) is 27.5 Å². The van der Waals surface area contributed by atoms with E-state index in [-0.39, 0.29) is 17.7 Å². The molecule has 9 heteroatoms. The molecule has 0 spiro atoms. The van der Waals surface area contributed by atoms with E-state index in [0.29, 0.717) is 15.8 Å². The topological polar surface area (TPSA) is 61.5 Å². The minimum Gasteiger partial charge on any atom is -0.398 e. The predicted molar refractivity (Wildman–Crippen MR) is 88.7 cm³/mol. The Labute approximate surface area is 139 Å². The van der Waals surface area contributed by atoms with Gasteiger partial charge < -0.3 is 14.8 Å². The van der Waals surface area contributed by atoms with Gasteiger partial charge >= 0.3 is 13.3 Å². The zero-order chi connectivity index (χ0) is 16.5. The number of hydrogen-bond acceptors (Lipinski definition) is 5. The third-order valence-electron chi connectivity index (χ3n) is 2.90. The largest absolute Gasteiger partial charge is 0.405 e. The van der Waals surface area contributed by atoms with Gasteiger partial charge in [-0.3, -0.25) is 4.57 Å². The van der Waals surface area contributed by atoms with E-state index < -0.39 is 18.1 Å². The molecule has 2 aromatic rings. The van der Waals surface area contributed by atoms with Gasteiger partial charge in [0.1, 0.15) is 4.88 Å². The summed E-state index contributed by atoms with van der Waals surface area (Å²) in [5.74, 6) is 0. The summed E-state index contributed by atoms with van der Waals surface area (Å²) in [4.78, 5) is -0.411. The molecule has 0 aliphatic heterocycles. The first kappa shape index (κ1) is 17.8. The first-order chi connectivity index (χ1) is 10.3. The lowest BCUT2D eigenvalue weighted by molar-refractivity contribution is 0.0387. The molecule has 0 aliphatic carbocycles. The summed E-state index contributed by atoms with van der Waals surface area (Å²) in [5, 5.41) is 0.541. The Bertz CT molecular complexity index is 727. The van der Waals surface area contributed by atoms with Gasteiger partial charge in [0.25, 0.3) is 0 Å². The van der Waals surface area contributed by atoms with Crippen LogP contribution < -0.4 is 5.73 Å². The second-order valence-corrected chi connectivity index (χ2v) is 8.23. The van der Waals surface area contributed by atoms with Crippen molar-refractivity contribution in [3.63, 3.8) is 0 Å². The average Bonchev–Trinajstić information content (AvgIpc) is 2.79. The number of rotatable bonds is 6. The summed E-state index contributed by atoms with van der Waals surface area (Å²) < 4.78 is 52.5. The molecule has 22 heavy (non-hydrogen) atoms. The summed E-state index contributed by atoms with van der Waals surface area (Å²) in [6.07, 6.45) is 0. The first-order valence-electron chi connectivity index (χ1n) is 6.52. The quantitative estimate of drug-likeness (QED) is 0.497. The first-order valence-corrected chi connectivity index (χ1v) is 9.67. The van der Waals surface area contributed by atoms with Gasteiger partial charge in [-0.2, -0.15) is 8.78 Å². The molecule has 1 aromatic heterocycles. The van der Waals surface area contributed by atoms with Crippen molar-refractivity contribution < 1.29 is 22.4 Å². The number of fused-ring (bicyclic) bond motifs is 1. The summed E-state index contributed by atoms with van der Waals surface area (Å²) in [7, 11) is -4.64. The number of benzene rings is 1. The van der Waals surface area contributed by atoms with Crippen LogP contribution in [-0.4, -0.2) is 13.2 Å². The van der Waals surface area contributed by atoms with Crippen molar-refractivity contribution in [2.24, 2.45) is 0 Å². The van der Waals surface area contributed by atoms with Gasteiger partial charge in [0.2, 0.25) is 0 Å². The minimum absolute atomic E-state index is 0.141. The van der Waals surface area contributed by atoms with Crippen LogP contribution in [-0.2, 0) is 19.3 Å². The van der Waals surface area contributed by atoms with Crippen molar-refractivity contribution in [2.45, 2.75) is 19.5 Å². The molecule has 1 heterocycles. The third kappa shape index (κ3) is 2.83. The fourth-order valence-corrected chi connectivity index (χ4v) is 5.98. The molecular formula is C13H15BrF2NO3PS. The van der Waals surface area contributed by atoms with E-state index >= 15 is 0 Å². The molecule has 0 bridgehead atoms. The van der Waals surface area contributed by atoms with Crippen LogP contribution >= 0.6 is 34.9 Å². The molecule has 0 saturated heterocycles. The molecule has 0 radical (unpaired) electrons. The van der Waals surface area contributed by atoms with Crippen molar-refractivity contribution in [1.82, 2.24) is 0 Å². The number of thiophene rings is 1. The van der Waals surface area contributed by atoms with Crippen LogP contribution in [0.5, 0.6) is 0 Å². The molecule has 4 nitrogen and oxygen atoms in total. The average molecular weight is 414 g/mol. The van der Waals surface area contributed by atoms with Gasteiger partial charge in [-0.05, 0) is 35.8 Å². The van der Waals surface area contributed by atoms with Crippen molar-refractivity contribution in [2.75, 3.05) is 18.9 Å². The van der Waals surface area contributed by atoms with E-state index in [9.17, 15) is 13.3 Å². The molecule has 0 fully saturated rings. The van der Waals surface area contributed by atoms with E-state index in [1.54, 1.807) is 18.2 Å². The fourth-order valence-electron chi connectivity index (χ4n) is 1.97. The summed E-state index contributed by atoms with van der Waals surface area (Å²) in [6.45, 7) is 2.69. The maximum atomic E-state index is 14.8. The molecule has 1 aromatic carbocycles. The smallest absolute Gasteiger partial charge is 0.398 e. The number of alkyl halides is 2. The van der Waals surface area contributed by atoms with Gasteiger partial charge in [-0.25, -0.2) is 0 Å². The van der Waals surface area contributed by atoms with Crippen molar-refractivity contribution >= 4 is 50.6 Å². The van der Waals surface area contributed by atoms with Crippen LogP contribution in [0.25, 0.3) is 10.1 Å². The molecule has 0 aliphatic rings. The molecule has 122 valence electrons. The molecule has 0 amide bonds. The maximum Gasteiger partial charge on any atom is 0.405 e. The molecule has 0 atom stereocenters. The number of halogens is 3. The number of hydrogen-bond donors (Lipinski definition) is 1. The van der Waals surface area contributed by atoms with Crippen LogP contribution in [0.4, 0.5) is 14.5 Å². The van der Waals surface area contributed by atoms with Gasteiger partial charge in [0.15, 0.2) is 0 Å². The monoisotopic (exact) mass is 413 g/mol. The summed E-state index contributed by atoms with van der Waals surface area (Å²) in [6, 6.07) is 4.96. The standard InChI is InChI=1S/C13H15BrF2NO3PS/c1-3-19-21(18,20-4-2)13(15,16)12-10(14)8-6-5-7-9(17)11(8)22-12/h5-7H,3-4,17H2,1-2H3. The van der Waals surface area contributed by atoms with E-state index in [0.717, 1.165) is 11.3 Å². The lowest BCUT2D eigenvalue weighted by Crippen LogP contribution is -2.17. The SMILES string of the molecule is CCOP(=O)(OCC)C(F)(F)c1sc2c(N)cccc2c1Br. The highest BCUT2D eigenvalue weighted by molar-refractivity contribution is 9.10. The van der Waals surface area contributed by atoms with Gasteiger partial charge in [-0.1, -0.05) is 12.1 Å². The van der Waals surface area contributed by atoms with Crippen LogP contribution in [0.3, 0.4) is 0 Å². The van der Waals surface area contributed by atoms with E-state index in [4.69, 9.17) is 14.8 Å². The summed E-state index contributed by atoms with van der Waals surface area (Å²) in [5.41, 5.74) is 2.43. The summed E-state index contributed by atoms with van der Waals surface area (Å²) >= 11 is 3.94. The Hall–Kier alpha value is -0.530. The highest BCUT2D eigenvalue weighted by Gasteiger charge is 2.57. The van der Waals surface area contributed by atoms with Crippen molar-refractivity contribution in [1.29, 1.82) is 0 Å². The molecule has 2 rings (SSSR count). The second kappa shape index (κ2) is 6.53. The van der Waals surface area contributed by atoms with Crippen LogP contribution in [0.15, 0.2) is 22.7 Å². The molecule has 0 unspecified atom stereocenters. The van der Waals surface area contributed by atoms with Crippen LogP contribution in [0, 0.1) is 0 Å². The zero-order valence-corrected chi connectivity index (χ0v) is 15.2. The van der Waals surface area contributed by atoms with Gasteiger partial charge in [0.05, 0.1) is 17.9 Å². The third-order valence-corrected chi connectivity index (χ3v) is 7.57. The predicted octanol–water partition coefficient (Wildman–Crippen LogP) is 5.56. The Morgan fingerprint density at radius 3 is 2.41 bits per heavy atom. The van der Waals surface area contributed by atoms with Crippen LogP contribution in [0.1, 0.15) is 18.7 Å². The molecule has 0 saturated carbocycles. The van der Waals surface area contributed by atoms with E-state index in [1.165, 1.54) is 13.8 Å². The Balaban J connectivity index is 2.64. The number of anilines is 1.